The number of carbonyl (C=O) groups is 1. The van der Waals surface area contributed by atoms with Gasteiger partial charge >= 0.3 is 0 Å². The maximum absolute atomic E-state index is 11.1. The summed E-state index contributed by atoms with van der Waals surface area (Å²) in [5.41, 5.74) is 0. The zero-order chi connectivity index (χ0) is 9.68. The first-order valence-corrected chi connectivity index (χ1v) is 4.58. The highest BCUT2D eigenvalue weighted by molar-refractivity contribution is 9.10. The van der Waals surface area contributed by atoms with Crippen molar-refractivity contribution in [1.82, 2.24) is 10.3 Å². The minimum absolute atomic E-state index is 0.109. The van der Waals surface area contributed by atoms with Crippen molar-refractivity contribution in [3.05, 3.63) is 22.8 Å². The highest BCUT2D eigenvalue weighted by Gasteiger charge is 2.03. The molecule has 4 nitrogen and oxygen atoms in total. The van der Waals surface area contributed by atoms with Gasteiger partial charge in [0.25, 0.3) is 0 Å². The summed E-state index contributed by atoms with van der Waals surface area (Å²) < 4.78 is 0.777. The molecule has 0 spiro atoms. The summed E-state index contributed by atoms with van der Waals surface area (Å²) in [6, 6.07) is 3.61. The minimum atomic E-state index is -0.109. The number of hydrogen-bond donors (Lipinski definition) is 2. The van der Waals surface area contributed by atoms with E-state index in [9.17, 15) is 4.79 Å². The number of halogens is 1. The van der Waals surface area contributed by atoms with Crippen LogP contribution in [0.1, 0.15) is 0 Å². The van der Waals surface area contributed by atoms with E-state index in [0.29, 0.717) is 5.82 Å². The quantitative estimate of drug-likeness (QED) is 0.834. The second-order valence-corrected chi connectivity index (χ2v) is 3.27. The molecule has 1 aromatic heterocycles. The molecule has 0 atom stereocenters. The number of anilines is 1. The number of pyridine rings is 1. The standard InChI is InChI=1S/C8H10BrN3O/c1-10-5-7(13)12-8-6(9)3-2-4-11-8/h2-4,10H,5H2,1H3,(H,11,12,13). The van der Waals surface area contributed by atoms with Crippen LogP contribution in [0.5, 0.6) is 0 Å². The zero-order valence-electron chi connectivity index (χ0n) is 7.17. The number of carbonyl (C=O) groups excluding carboxylic acids is 1. The van der Waals surface area contributed by atoms with E-state index in [4.69, 9.17) is 0 Å². The number of nitrogens with one attached hydrogen (secondary N) is 2. The number of rotatable bonds is 3. The molecular weight excluding hydrogens is 234 g/mol. The van der Waals surface area contributed by atoms with Gasteiger partial charge in [0, 0.05) is 6.20 Å². The van der Waals surface area contributed by atoms with Crippen LogP contribution >= 0.6 is 15.9 Å². The molecule has 1 amide bonds. The minimum Gasteiger partial charge on any atom is -0.311 e. The van der Waals surface area contributed by atoms with E-state index >= 15 is 0 Å². The van der Waals surface area contributed by atoms with Gasteiger partial charge < -0.3 is 10.6 Å². The Hall–Kier alpha value is -0.940. The van der Waals surface area contributed by atoms with Gasteiger partial charge in [-0.25, -0.2) is 4.98 Å². The molecule has 1 aromatic rings. The van der Waals surface area contributed by atoms with Crippen LogP contribution in [0.2, 0.25) is 0 Å². The lowest BCUT2D eigenvalue weighted by atomic mass is 10.4. The topological polar surface area (TPSA) is 54.0 Å². The predicted octanol–water partition coefficient (Wildman–Crippen LogP) is 1.00. The van der Waals surface area contributed by atoms with Crippen molar-refractivity contribution in [3.63, 3.8) is 0 Å². The SMILES string of the molecule is CNCC(=O)Nc1ncccc1Br. The molecule has 0 saturated carbocycles. The molecule has 1 rings (SSSR count). The maximum Gasteiger partial charge on any atom is 0.239 e. The highest BCUT2D eigenvalue weighted by Crippen LogP contribution is 2.17. The molecule has 0 aliphatic rings. The van der Waals surface area contributed by atoms with E-state index in [1.807, 2.05) is 6.07 Å². The molecule has 2 N–H and O–H groups in total. The summed E-state index contributed by atoms with van der Waals surface area (Å²) in [6.07, 6.45) is 1.62. The maximum atomic E-state index is 11.1. The van der Waals surface area contributed by atoms with Gasteiger partial charge in [-0.15, -0.1) is 0 Å². The average molecular weight is 244 g/mol. The van der Waals surface area contributed by atoms with E-state index < -0.39 is 0 Å². The van der Waals surface area contributed by atoms with Crippen molar-refractivity contribution in [2.24, 2.45) is 0 Å². The van der Waals surface area contributed by atoms with E-state index in [1.54, 1.807) is 19.3 Å². The fourth-order valence-electron chi connectivity index (χ4n) is 0.814. The first-order chi connectivity index (χ1) is 6.24. The van der Waals surface area contributed by atoms with Crippen LogP contribution in [-0.2, 0) is 4.79 Å². The predicted molar refractivity (Wildman–Crippen MR) is 54.5 cm³/mol. The fourth-order valence-corrected chi connectivity index (χ4v) is 1.17. The molecule has 0 aliphatic heterocycles. The summed E-state index contributed by atoms with van der Waals surface area (Å²) >= 11 is 3.28. The number of likely N-dealkylation sites (N-methyl/N-ethyl adjacent to an activating group) is 1. The van der Waals surface area contributed by atoms with Crippen molar-refractivity contribution in [2.75, 3.05) is 18.9 Å². The lowest BCUT2D eigenvalue weighted by Gasteiger charge is -2.04. The molecule has 0 fully saturated rings. The normalized spacial score (nSPS) is 9.69. The smallest absolute Gasteiger partial charge is 0.239 e. The third-order valence-electron chi connectivity index (χ3n) is 1.35. The van der Waals surface area contributed by atoms with Crippen LogP contribution < -0.4 is 10.6 Å². The summed E-state index contributed by atoms with van der Waals surface area (Å²) in [5, 5.41) is 5.40. The monoisotopic (exact) mass is 243 g/mol. The van der Waals surface area contributed by atoms with Gasteiger partial charge in [0.05, 0.1) is 11.0 Å². The molecule has 70 valence electrons. The van der Waals surface area contributed by atoms with Crippen molar-refractivity contribution < 1.29 is 4.79 Å². The van der Waals surface area contributed by atoms with Crippen LogP contribution in [-0.4, -0.2) is 24.5 Å². The van der Waals surface area contributed by atoms with Crippen LogP contribution in [0.4, 0.5) is 5.82 Å². The van der Waals surface area contributed by atoms with Crippen molar-refractivity contribution in [2.45, 2.75) is 0 Å². The van der Waals surface area contributed by atoms with Crippen LogP contribution in [0.15, 0.2) is 22.8 Å². The van der Waals surface area contributed by atoms with Gasteiger partial charge in [0.15, 0.2) is 0 Å². The van der Waals surface area contributed by atoms with Gasteiger partial charge in [-0.05, 0) is 35.1 Å². The Morgan fingerprint density at radius 3 is 3.08 bits per heavy atom. The molecule has 0 unspecified atom stereocenters. The van der Waals surface area contributed by atoms with E-state index in [0.717, 1.165) is 4.47 Å². The highest BCUT2D eigenvalue weighted by atomic mass is 79.9. The molecular formula is C8H10BrN3O. The lowest BCUT2D eigenvalue weighted by Crippen LogP contribution is -2.25. The Balaban J connectivity index is 2.63. The Morgan fingerprint density at radius 1 is 1.69 bits per heavy atom. The first kappa shape index (κ1) is 10.1. The first-order valence-electron chi connectivity index (χ1n) is 3.79. The van der Waals surface area contributed by atoms with Crippen LogP contribution in [0.25, 0.3) is 0 Å². The number of nitrogens with zero attached hydrogens (tertiary/aromatic N) is 1. The molecule has 1 heterocycles. The Labute approximate surface area is 84.9 Å². The molecule has 5 heteroatoms. The summed E-state index contributed by atoms with van der Waals surface area (Å²) in [6.45, 7) is 0.281. The largest absolute Gasteiger partial charge is 0.311 e. The fraction of sp³-hybridized carbons (Fsp3) is 0.250. The number of hydrogen-bond acceptors (Lipinski definition) is 3. The summed E-state index contributed by atoms with van der Waals surface area (Å²) in [4.78, 5) is 15.1. The van der Waals surface area contributed by atoms with Gasteiger partial charge in [0.1, 0.15) is 5.82 Å². The van der Waals surface area contributed by atoms with E-state index in [1.165, 1.54) is 0 Å². The third-order valence-corrected chi connectivity index (χ3v) is 1.99. The van der Waals surface area contributed by atoms with Gasteiger partial charge in [-0.1, -0.05) is 0 Å². The van der Waals surface area contributed by atoms with Crippen molar-refractivity contribution >= 4 is 27.7 Å². The Bertz CT molecular complexity index is 303. The second-order valence-electron chi connectivity index (χ2n) is 2.41. The van der Waals surface area contributed by atoms with Gasteiger partial charge in [-0.3, -0.25) is 4.79 Å². The molecule has 13 heavy (non-hydrogen) atoms. The Morgan fingerprint density at radius 2 is 2.46 bits per heavy atom. The third kappa shape index (κ3) is 3.12. The second kappa shape index (κ2) is 4.94. The number of amides is 1. The van der Waals surface area contributed by atoms with Crippen molar-refractivity contribution in [1.29, 1.82) is 0 Å². The zero-order valence-corrected chi connectivity index (χ0v) is 8.76. The Kier molecular flexibility index (Phi) is 3.85. The van der Waals surface area contributed by atoms with E-state index in [-0.39, 0.29) is 12.5 Å². The van der Waals surface area contributed by atoms with Gasteiger partial charge in [-0.2, -0.15) is 0 Å². The van der Waals surface area contributed by atoms with Crippen molar-refractivity contribution in [3.8, 4) is 0 Å². The average Bonchev–Trinajstić information content (AvgIpc) is 2.09. The van der Waals surface area contributed by atoms with E-state index in [2.05, 4.69) is 31.5 Å². The summed E-state index contributed by atoms with van der Waals surface area (Å²) in [7, 11) is 1.72. The van der Waals surface area contributed by atoms with Gasteiger partial charge in [0.2, 0.25) is 5.91 Å². The van der Waals surface area contributed by atoms with Crippen LogP contribution in [0, 0.1) is 0 Å². The molecule has 0 aromatic carbocycles. The molecule has 0 aliphatic carbocycles. The summed E-state index contributed by atoms with van der Waals surface area (Å²) in [5.74, 6) is 0.435. The van der Waals surface area contributed by atoms with Crippen LogP contribution in [0.3, 0.4) is 0 Å². The molecule has 0 saturated heterocycles. The molecule has 0 bridgehead atoms. The molecule has 0 radical (unpaired) electrons. The lowest BCUT2D eigenvalue weighted by molar-refractivity contribution is -0.115. The number of aromatic nitrogens is 1.